The standard InChI is InChI=1S/C20H27N5O/c1-2-21-20(23-12-6-14-25-13-5-10-18(25)26)24-15-17-8-3-7-16-9-4-11-22-19(16)17/h3-4,7-9,11H,2,5-6,10,12-15H2,1H3,(H2,21,23,24). The van der Waals surface area contributed by atoms with E-state index < -0.39 is 0 Å². The minimum Gasteiger partial charge on any atom is -0.357 e. The molecule has 1 aliphatic heterocycles. The van der Waals surface area contributed by atoms with E-state index in [-0.39, 0.29) is 5.91 Å². The summed E-state index contributed by atoms with van der Waals surface area (Å²) in [4.78, 5) is 22.8. The molecule has 0 unspecified atom stereocenters. The predicted octanol–water partition coefficient (Wildman–Crippen LogP) is 2.30. The van der Waals surface area contributed by atoms with Crippen molar-refractivity contribution >= 4 is 22.8 Å². The number of amides is 1. The molecular weight excluding hydrogens is 326 g/mol. The molecule has 1 aromatic carbocycles. The van der Waals surface area contributed by atoms with Crippen LogP contribution in [0.3, 0.4) is 0 Å². The van der Waals surface area contributed by atoms with E-state index in [1.165, 1.54) is 0 Å². The Morgan fingerprint density at radius 1 is 1.27 bits per heavy atom. The Balaban J connectivity index is 1.55. The van der Waals surface area contributed by atoms with Crippen LogP contribution in [0.5, 0.6) is 0 Å². The Kier molecular flexibility index (Phi) is 6.41. The second-order valence-electron chi connectivity index (χ2n) is 6.45. The summed E-state index contributed by atoms with van der Waals surface area (Å²) in [7, 11) is 0. The van der Waals surface area contributed by atoms with Crippen LogP contribution in [0.4, 0.5) is 0 Å². The van der Waals surface area contributed by atoms with Crippen molar-refractivity contribution in [2.24, 2.45) is 4.99 Å². The number of carbonyl (C=O) groups is 1. The molecule has 1 aromatic heterocycles. The maximum atomic E-state index is 11.6. The fourth-order valence-corrected chi connectivity index (χ4v) is 3.22. The number of aliphatic imine (C=N–C) groups is 1. The van der Waals surface area contributed by atoms with Gasteiger partial charge in [-0.25, -0.2) is 4.99 Å². The van der Waals surface area contributed by atoms with Gasteiger partial charge in [0.25, 0.3) is 0 Å². The van der Waals surface area contributed by atoms with Crippen molar-refractivity contribution in [2.75, 3.05) is 26.2 Å². The Labute approximate surface area is 154 Å². The molecule has 1 saturated heterocycles. The highest BCUT2D eigenvalue weighted by Gasteiger charge is 2.18. The van der Waals surface area contributed by atoms with Gasteiger partial charge in [-0.3, -0.25) is 9.78 Å². The van der Waals surface area contributed by atoms with E-state index in [1.54, 1.807) is 0 Å². The molecule has 2 aromatic rings. The van der Waals surface area contributed by atoms with E-state index in [9.17, 15) is 4.79 Å². The van der Waals surface area contributed by atoms with Gasteiger partial charge >= 0.3 is 0 Å². The third-order valence-electron chi connectivity index (χ3n) is 4.54. The molecule has 2 N–H and O–H groups in total. The van der Waals surface area contributed by atoms with E-state index in [1.807, 2.05) is 23.2 Å². The van der Waals surface area contributed by atoms with Crippen molar-refractivity contribution < 1.29 is 4.79 Å². The van der Waals surface area contributed by atoms with Gasteiger partial charge in [0.1, 0.15) is 0 Å². The first-order chi connectivity index (χ1) is 12.8. The smallest absolute Gasteiger partial charge is 0.222 e. The van der Waals surface area contributed by atoms with Crippen LogP contribution in [0, 0.1) is 0 Å². The second kappa shape index (κ2) is 9.17. The molecule has 0 bridgehead atoms. The first-order valence-electron chi connectivity index (χ1n) is 9.40. The maximum Gasteiger partial charge on any atom is 0.222 e. The summed E-state index contributed by atoms with van der Waals surface area (Å²) in [5.41, 5.74) is 2.12. The van der Waals surface area contributed by atoms with Gasteiger partial charge < -0.3 is 15.5 Å². The van der Waals surface area contributed by atoms with Crippen molar-refractivity contribution in [3.63, 3.8) is 0 Å². The molecule has 2 heterocycles. The van der Waals surface area contributed by atoms with Gasteiger partial charge in [0.05, 0.1) is 12.1 Å². The molecule has 1 fully saturated rings. The molecule has 3 rings (SSSR count). The average Bonchev–Trinajstić information content (AvgIpc) is 3.08. The highest BCUT2D eigenvalue weighted by molar-refractivity contribution is 5.83. The minimum atomic E-state index is 0.286. The summed E-state index contributed by atoms with van der Waals surface area (Å²) >= 11 is 0. The molecule has 0 saturated carbocycles. The molecule has 6 heteroatoms. The number of para-hydroxylation sites is 1. The summed E-state index contributed by atoms with van der Waals surface area (Å²) < 4.78 is 0. The van der Waals surface area contributed by atoms with Crippen LogP contribution < -0.4 is 10.6 Å². The van der Waals surface area contributed by atoms with Crippen LogP contribution >= 0.6 is 0 Å². The molecule has 0 atom stereocenters. The van der Waals surface area contributed by atoms with Crippen molar-refractivity contribution in [3.05, 3.63) is 42.1 Å². The lowest BCUT2D eigenvalue weighted by atomic mass is 10.1. The molecule has 0 spiro atoms. The Hall–Kier alpha value is -2.63. The summed E-state index contributed by atoms with van der Waals surface area (Å²) in [5.74, 6) is 1.09. The molecule has 1 amide bonds. The topological polar surface area (TPSA) is 69.6 Å². The molecule has 138 valence electrons. The quantitative estimate of drug-likeness (QED) is 0.455. The largest absolute Gasteiger partial charge is 0.357 e. The summed E-state index contributed by atoms with van der Waals surface area (Å²) in [5, 5.41) is 7.77. The van der Waals surface area contributed by atoms with Crippen LogP contribution in [-0.2, 0) is 11.3 Å². The number of guanidine groups is 1. The number of nitrogens with zero attached hydrogens (tertiary/aromatic N) is 3. The third-order valence-corrected chi connectivity index (χ3v) is 4.54. The molecule has 26 heavy (non-hydrogen) atoms. The minimum absolute atomic E-state index is 0.286. The van der Waals surface area contributed by atoms with Crippen LogP contribution in [0.25, 0.3) is 10.9 Å². The summed E-state index contributed by atoms with van der Waals surface area (Å²) in [6, 6.07) is 10.2. The molecule has 0 radical (unpaired) electrons. The number of benzene rings is 1. The number of aromatic nitrogens is 1. The van der Waals surface area contributed by atoms with Crippen molar-refractivity contribution in [1.29, 1.82) is 0 Å². The zero-order valence-electron chi connectivity index (χ0n) is 15.4. The lowest BCUT2D eigenvalue weighted by Gasteiger charge is -2.16. The zero-order valence-corrected chi connectivity index (χ0v) is 15.4. The lowest BCUT2D eigenvalue weighted by Crippen LogP contribution is -2.39. The average molecular weight is 353 g/mol. The van der Waals surface area contributed by atoms with Gasteiger partial charge in [0.15, 0.2) is 5.96 Å². The zero-order chi connectivity index (χ0) is 18.2. The first kappa shape index (κ1) is 18.2. The number of carbonyl (C=O) groups excluding carboxylic acids is 1. The van der Waals surface area contributed by atoms with Crippen LogP contribution in [0.2, 0.25) is 0 Å². The van der Waals surface area contributed by atoms with E-state index in [4.69, 9.17) is 4.99 Å². The summed E-state index contributed by atoms with van der Waals surface area (Å²) in [6.07, 6.45) is 4.44. The van der Waals surface area contributed by atoms with E-state index >= 15 is 0 Å². The second-order valence-corrected chi connectivity index (χ2v) is 6.45. The van der Waals surface area contributed by atoms with Crippen molar-refractivity contribution in [1.82, 2.24) is 20.5 Å². The Morgan fingerprint density at radius 3 is 2.96 bits per heavy atom. The van der Waals surface area contributed by atoms with E-state index in [2.05, 4.69) is 40.7 Å². The van der Waals surface area contributed by atoms with Gasteiger partial charge in [-0.05, 0) is 31.4 Å². The molecule has 6 nitrogen and oxygen atoms in total. The van der Waals surface area contributed by atoms with Crippen LogP contribution in [0.15, 0.2) is 41.5 Å². The predicted molar refractivity (Wildman–Crippen MR) is 105 cm³/mol. The van der Waals surface area contributed by atoms with Gasteiger partial charge in [0.2, 0.25) is 5.91 Å². The number of nitrogens with one attached hydrogen (secondary N) is 2. The fraction of sp³-hybridized carbons (Fsp3) is 0.450. The third kappa shape index (κ3) is 4.71. The highest BCUT2D eigenvalue weighted by atomic mass is 16.2. The van der Waals surface area contributed by atoms with Gasteiger partial charge in [0, 0.05) is 44.2 Å². The van der Waals surface area contributed by atoms with Gasteiger partial charge in [-0.15, -0.1) is 0 Å². The SMILES string of the molecule is CCNC(=NCc1cccc2cccnc12)NCCCN1CCCC1=O. The fourth-order valence-electron chi connectivity index (χ4n) is 3.22. The molecular formula is C20H27N5O. The number of likely N-dealkylation sites (tertiary alicyclic amines) is 1. The number of hydrogen-bond donors (Lipinski definition) is 2. The maximum absolute atomic E-state index is 11.6. The number of rotatable bonds is 7. The lowest BCUT2D eigenvalue weighted by molar-refractivity contribution is -0.127. The van der Waals surface area contributed by atoms with E-state index in [0.29, 0.717) is 13.0 Å². The number of pyridine rings is 1. The normalized spacial score (nSPS) is 14.9. The van der Waals surface area contributed by atoms with Crippen LogP contribution in [-0.4, -0.2) is 47.9 Å². The number of hydrogen-bond acceptors (Lipinski definition) is 3. The van der Waals surface area contributed by atoms with Gasteiger partial charge in [-0.1, -0.05) is 24.3 Å². The summed E-state index contributed by atoms with van der Waals surface area (Å²) in [6.45, 7) is 5.96. The number of fused-ring (bicyclic) bond motifs is 1. The van der Waals surface area contributed by atoms with Crippen molar-refractivity contribution in [3.8, 4) is 0 Å². The van der Waals surface area contributed by atoms with E-state index in [0.717, 1.165) is 61.4 Å². The Bertz CT molecular complexity index is 768. The van der Waals surface area contributed by atoms with Gasteiger partial charge in [-0.2, -0.15) is 0 Å². The molecule has 0 aliphatic carbocycles. The monoisotopic (exact) mass is 353 g/mol. The van der Waals surface area contributed by atoms with Crippen molar-refractivity contribution in [2.45, 2.75) is 32.7 Å². The Morgan fingerprint density at radius 2 is 2.15 bits per heavy atom. The highest BCUT2D eigenvalue weighted by Crippen LogP contribution is 2.16. The molecule has 1 aliphatic rings. The first-order valence-corrected chi connectivity index (χ1v) is 9.40. The van der Waals surface area contributed by atoms with Crippen LogP contribution in [0.1, 0.15) is 31.7 Å².